The van der Waals surface area contributed by atoms with Crippen LogP contribution in [0.15, 0.2) is 27.5 Å². The number of aromatic nitrogens is 1. The van der Waals surface area contributed by atoms with E-state index >= 15 is 0 Å². The fourth-order valence-electron chi connectivity index (χ4n) is 1.28. The van der Waals surface area contributed by atoms with Gasteiger partial charge in [-0.15, -0.1) is 0 Å². The van der Waals surface area contributed by atoms with Crippen LogP contribution in [-0.2, 0) is 0 Å². The number of rotatable bonds is 2. The number of oxazole rings is 1. The Kier molecular flexibility index (Phi) is 2.86. The van der Waals surface area contributed by atoms with Crippen LogP contribution in [-0.4, -0.2) is 16.3 Å². The standard InChI is InChI=1S/C10H6F3NO2S/c1-5(15)9-14-6-3-2-4-7(8(6)16-9)17-10(11,12)13/h2-4H,1H3. The maximum absolute atomic E-state index is 12.3. The van der Waals surface area contributed by atoms with Crippen LogP contribution >= 0.6 is 11.8 Å². The molecule has 90 valence electrons. The number of hydrogen-bond acceptors (Lipinski definition) is 4. The molecule has 1 heterocycles. The average molecular weight is 261 g/mol. The molecule has 2 rings (SSSR count). The average Bonchev–Trinajstić information content (AvgIpc) is 2.60. The van der Waals surface area contributed by atoms with Crippen LogP contribution in [0, 0.1) is 0 Å². The summed E-state index contributed by atoms with van der Waals surface area (Å²) in [4.78, 5) is 14.7. The largest absolute Gasteiger partial charge is 0.446 e. The van der Waals surface area contributed by atoms with Crippen molar-refractivity contribution in [3.8, 4) is 0 Å². The number of Topliss-reactive ketones (excluding diaryl/α,β-unsaturated/α-hetero) is 1. The zero-order chi connectivity index (χ0) is 12.6. The molecular weight excluding hydrogens is 255 g/mol. The molecule has 0 atom stereocenters. The van der Waals surface area contributed by atoms with Crippen molar-refractivity contribution >= 4 is 28.6 Å². The number of carbonyl (C=O) groups excluding carboxylic acids is 1. The molecule has 2 aromatic rings. The van der Waals surface area contributed by atoms with E-state index in [0.29, 0.717) is 0 Å². The van der Waals surface area contributed by atoms with Crippen molar-refractivity contribution in [3.05, 3.63) is 24.1 Å². The first-order valence-corrected chi connectivity index (χ1v) is 5.35. The normalized spacial score (nSPS) is 12.0. The summed E-state index contributed by atoms with van der Waals surface area (Å²) in [5.74, 6) is -0.612. The van der Waals surface area contributed by atoms with Gasteiger partial charge in [-0.1, -0.05) is 6.07 Å². The van der Waals surface area contributed by atoms with E-state index < -0.39 is 11.3 Å². The molecule has 0 unspecified atom stereocenters. The van der Waals surface area contributed by atoms with E-state index in [1.165, 1.54) is 25.1 Å². The summed E-state index contributed by atoms with van der Waals surface area (Å²) in [6.07, 6.45) is 0. The van der Waals surface area contributed by atoms with Gasteiger partial charge in [0.1, 0.15) is 5.52 Å². The number of benzene rings is 1. The number of para-hydroxylation sites is 1. The summed E-state index contributed by atoms with van der Waals surface area (Å²) in [5.41, 5.74) is -4.18. The second-order valence-electron chi connectivity index (χ2n) is 3.23. The molecule has 0 N–H and O–H groups in total. The Morgan fingerprint density at radius 3 is 2.71 bits per heavy atom. The molecule has 0 aliphatic heterocycles. The Morgan fingerprint density at radius 1 is 1.41 bits per heavy atom. The number of alkyl halides is 3. The summed E-state index contributed by atoms with van der Waals surface area (Å²) in [6, 6.07) is 4.20. The van der Waals surface area contributed by atoms with Crippen LogP contribution in [0.1, 0.15) is 17.6 Å². The molecule has 1 aromatic carbocycles. The molecule has 7 heteroatoms. The molecule has 3 nitrogen and oxygen atoms in total. The Labute approximate surface area is 98.0 Å². The van der Waals surface area contributed by atoms with Crippen molar-refractivity contribution in [2.24, 2.45) is 0 Å². The van der Waals surface area contributed by atoms with E-state index in [1.807, 2.05) is 0 Å². The highest BCUT2D eigenvalue weighted by Gasteiger charge is 2.31. The molecule has 0 amide bonds. The van der Waals surface area contributed by atoms with Gasteiger partial charge in [-0.25, -0.2) is 4.98 Å². The van der Waals surface area contributed by atoms with Crippen molar-refractivity contribution in [2.45, 2.75) is 17.3 Å². The fraction of sp³-hybridized carbons (Fsp3) is 0.200. The number of carbonyl (C=O) groups is 1. The van der Waals surface area contributed by atoms with Crippen LogP contribution in [0.4, 0.5) is 13.2 Å². The predicted molar refractivity (Wildman–Crippen MR) is 55.9 cm³/mol. The molecule has 1 aromatic heterocycles. The molecule has 0 radical (unpaired) electrons. The van der Waals surface area contributed by atoms with Crippen LogP contribution in [0.3, 0.4) is 0 Å². The topological polar surface area (TPSA) is 43.1 Å². The highest BCUT2D eigenvalue weighted by Crippen LogP contribution is 2.40. The third kappa shape index (κ3) is 2.60. The minimum Gasteiger partial charge on any atom is -0.432 e. The maximum Gasteiger partial charge on any atom is 0.446 e. The van der Waals surface area contributed by atoms with Gasteiger partial charge in [-0.3, -0.25) is 4.79 Å². The van der Waals surface area contributed by atoms with Gasteiger partial charge < -0.3 is 4.42 Å². The summed E-state index contributed by atoms with van der Waals surface area (Å²) >= 11 is -0.290. The Bertz CT molecular complexity index is 576. The molecule has 0 aliphatic rings. The lowest BCUT2D eigenvalue weighted by Crippen LogP contribution is -1.98. The molecule has 0 spiro atoms. The molecule has 0 saturated heterocycles. The minimum atomic E-state index is -4.41. The van der Waals surface area contributed by atoms with Gasteiger partial charge >= 0.3 is 5.51 Å². The quantitative estimate of drug-likeness (QED) is 0.611. The van der Waals surface area contributed by atoms with E-state index in [4.69, 9.17) is 4.42 Å². The van der Waals surface area contributed by atoms with Gasteiger partial charge in [0, 0.05) is 6.92 Å². The van der Waals surface area contributed by atoms with E-state index in [0.717, 1.165) is 0 Å². The number of hydrogen-bond donors (Lipinski definition) is 0. The first-order chi connectivity index (χ1) is 7.87. The third-order valence-corrected chi connectivity index (χ3v) is 2.68. The molecule has 0 bridgehead atoms. The van der Waals surface area contributed by atoms with Gasteiger partial charge in [-0.05, 0) is 23.9 Å². The van der Waals surface area contributed by atoms with E-state index in [-0.39, 0.29) is 33.6 Å². The van der Waals surface area contributed by atoms with Crippen LogP contribution in [0.25, 0.3) is 11.1 Å². The zero-order valence-corrected chi connectivity index (χ0v) is 9.35. The van der Waals surface area contributed by atoms with Gasteiger partial charge in [0.25, 0.3) is 5.89 Å². The van der Waals surface area contributed by atoms with Gasteiger partial charge in [0.2, 0.25) is 5.78 Å². The predicted octanol–water partition coefficient (Wildman–Crippen LogP) is 3.64. The lowest BCUT2D eigenvalue weighted by Gasteiger charge is -2.04. The summed E-state index contributed by atoms with van der Waals surface area (Å²) in [6.45, 7) is 1.24. The number of thioether (sulfide) groups is 1. The maximum atomic E-state index is 12.3. The molecular formula is C10H6F3NO2S. The third-order valence-electron chi connectivity index (χ3n) is 1.91. The Hall–Kier alpha value is -1.50. The number of nitrogens with zero attached hydrogens (tertiary/aromatic N) is 1. The van der Waals surface area contributed by atoms with Crippen LogP contribution in [0.5, 0.6) is 0 Å². The summed E-state index contributed by atoms with van der Waals surface area (Å²) in [5, 5.41) is 0. The van der Waals surface area contributed by atoms with Crippen molar-refractivity contribution in [3.63, 3.8) is 0 Å². The van der Waals surface area contributed by atoms with E-state index in [2.05, 4.69) is 4.98 Å². The highest BCUT2D eigenvalue weighted by molar-refractivity contribution is 8.00. The Morgan fingerprint density at radius 2 is 2.12 bits per heavy atom. The van der Waals surface area contributed by atoms with E-state index in [9.17, 15) is 18.0 Å². The lowest BCUT2D eigenvalue weighted by atomic mass is 10.3. The number of halogens is 3. The van der Waals surface area contributed by atoms with Crippen LogP contribution in [0.2, 0.25) is 0 Å². The van der Waals surface area contributed by atoms with Crippen molar-refractivity contribution in [1.29, 1.82) is 0 Å². The number of ketones is 1. The smallest absolute Gasteiger partial charge is 0.432 e. The zero-order valence-electron chi connectivity index (χ0n) is 8.54. The van der Waals surface area contributed by atoms with Gasteiger partial charge in [0.05, 0.1) is 4.90 Å². The minimum absolute atomic E-state index is 0.0139. The van der Waals surface area contributed by atoms with Gasteiger partial charge in [0.15, 0.2) is 5.58 Å². The van der Waals surface area contributed by atoms with Gasteiger partial charge in [-0.2, -0.15) is 13.2 Å². The van der Waals surface area contributed by atoms with Crippen molar-refractivity contribution in [1.82, 2.24) is 4.98 Å². The van der Waals surface area contributed by atoms with Crippen molar-refractivity contribution < 1.29 is 22.4 Å². The first kappa shape index (κ1) is 12.0. The Balaban J connectivity index is 2.53. The number of fused-ring (bicyclic) bond motifs is 1. The molecule has 0 fully saturated rings. The van der Waals surface area contributed by atoms with Crippen molar-refractivity contribution in [2.75, 3.05) is 0 Å². The molecule has 0 saturated carbocycles. The molecule has 17 heavy (non-hydrogen) atoms. The molecule has 0 aliphatic carbocycles. The second-order valence-corrected chi connectivity index (χ2v) is 4.33. The summed E-state index contributed by atoms with van der Waals surface area (Å²) in [7, 11) is 0. The van der Waals surface area contributed by atoms with Crippen LogP contribution < -0.4 is 0 Å². The SMILES string of the molecule is CC(=O)c1nc2cccc(SC(F)(F)F)c2o1. The first-order valence-electron chi connectivity index (χ1n) is 4.53. The highest BCUT2D eigenvalue weighted by atomic mass is 32.2. The fourth-order valence-corrected chi connectivity index (χ4v) is 1.91. The monoisotopic (exact) mass is 261 g/mol. The summed E-state index contributed by atoms with van der Waals surface area (Å²) < 4.78 is 41.8. The van der Waals surface area contributed by atoms with E-state index in [1.54, 1.807) is 0 Å². The second kappa shape index (κ2) is 4.06. The lowest BCUT2D eigenvalue weighted by molar-refractivity contribution is -0.0328.